The summed E-state index contributed by atoms with van der Waals surface area (Å²) in [6, 6.07) is 9.16. The van der Waals surface area contributed by atoms with Crippen molar-refractivity contribution in [2.24, 2.45) is 5.92 Å². The first-order valence-electron chi connectivity index (χ1n) is 10.4. The van der Waals surface area contributed by atoms with Gasteiger partial charge in [-0.3, -0.25) is 9.59 Å². The number of fused-ring (bicyclic) bond motifs is 1. The number of nitrogens with zero attached hydrogens (tertiary/aromatic N) is 5. The highest BCUT2D eigenvalue weighted by Crippen LogP contribution is 2.25. The summed E-state index contributed by atoms with van der Waals surface area (Å²) in [5.41, 5.74) is 2.27. The van der Waals surface area contributed by atoms with Crippen molar-refractivity contribution >= 4 is 29.0 Å². The number of hydrogen-bond donors (Lipinski definition) is 1. The van der Waals surface area contributed by atoms with Gasteiger partial charge in [-0.1, -0.05) is 25.5 Å². The van der Waals surface area contributed by atoms with Crippen LogP contribution in [0.2, 0.25) is 0 Å². The predicted molar refractivity (Wildman–Crippen MR) is 115 cm³/mol. The molecule has 2 aromatic heterocycles. The lowest BCUT2D eigenvalue weighted by atomic mass is 9.95. The predicted octanol–water partition coefficient (Wildman–Crippen LogP) is 3.13. The Labute approximate surface area is 175 Å². The zero-order valence-electron chi connectivity index (χ0n) is 17.3. The summed E-state index contributed by atoms with van der Waals surface area (Å²) >= 11 is 0. The summed E-state index contributed by atoms with van der Waals surface area (Å²) in [5, 5.41) is 7.29. The number of aryl methyl sites for hydroxylation is 1. The van der Waals surface area contributed by atoms with Crippen molar-refractivity contribution in [2.45, 2.75) is 39.5 Å². The van der Waals surface area contributed by atoms with Crippen molar-refractivity contribution in [3.05, 3.63) is 47.9 Å². The van der Waals surface area contributed by atoms with E-state index in [0.29, 0.717) is 17.0 Å². The Morgan fingerprint density at radius 3 is 2.73 bits per heavy atom. The van der Waals surface area contributed by atoms with Gasteiger partial charge >= 0.3 is 0 Å². The number of anilines is 2. The summed E-state index contributed by atoms with van der Waals surface area (Å²) < 4.78 is 1.77. The Bertz CT molecular complexity index is 1070. The molecule has 1 aliphatic rings. The molecular weight excluding hydrogens is 380 g/mol. The maximum Gasteiger partial charge on any atom is 0.254 e. The highest BCUT2D eigenvalue weighted by molar-refractivity contribution is 5.97. The molecule has 0 atom stereocenters. The van der Waals surface area contributed by atoms with E-state index in [2.05, 4.69) is 38.3 Å². The Morgan fingerprint density at radius 1 is 1.20 bits per heavy atom. The van der Waals surface area contributed by atoms with Crippen molar-refractivity contribution in [1.29, 1.82) is 0 Å². The third-order valence-electron chi connectivity index (χ3n) is 5.52. The lowest BCUT2D eigenvalue weighted by Crippen LogP contribution is -2.39. The van der Waals surface area contributed by atoms with Gasteiger partial charge in [0.2, 0.25) is 5.91 Å². The van der Waals surface area contributed by atoms with Gasteiger partial charge in [0.25, 0.3) is 5.78 Å². The molecule has 156 valence electrons. The van der Waals surface area contributed by atoms with E-state index in [0.717, 1.165) is 50.3 Å². The Morgan fingerprint density at radius 2 is 2.00 bits per heavy atom. The second-order valence-electron chi connectivity index (χ2n) is 7.72. The summed E-state index contributed by atoms with van der Waals surface area (Å²) in [4.78, 5) is 35.4. The van der Waals surface area contributed by atoms with Crippen LogP contribution in [0.25, 0.3) is 5.78 Å². The van der Waals surface area contributed by atoms with Crippen molar-refractivity contribution in [2.75, 3.05) is 23.3 Å². The summed E-state index contributed by atoms with van der Waals surface area (Å²) in [6.07, 6.45) is 4.94. The number of aromatic nitrogens is 4. The highest BCUT2D eigenvalue weighted by atomic mass is 16.2. The molecule has 4 rings (SSSR count). The molecule has 1 aliphatic heterocycles. The molecule has 0 aliphatic carbocycles. The zero-order chi connectivity index (χ0) is 21.1. The third kappa shape index (κ3) is 4.17. The fraction of sp³-hybridized carbons (Fsp3) is 0.409. The maximum absolute atomic E-state index is 12.8. The van der Waals surface area contributed by atoms with E-state index in [1.165, 1.54) is 13.3 Å². The molecular formula is C22H26N6O2. The van der Waals surface area contributed by atoms with Gasteiger partial charge in [-0.15, -0.1) is 0 Å². The van der Waals surface area contributed by atoms with Crippen LogP contribution in [0.1, 0.15) is 49.2 Å². The monoisotopic (exact) mass is 406 g/mol. The molecule has 8 nitrogen and oxygen atoms in total. The van der Waals surface area contributed by atoms with Crippen LogP contribution in [0.5, 0.6) is 0 Å². The van der Waals surface area contributed by atoms with Gasteiger partial charge in [0.15, 0.2) is 5.78 Å². The van der Waals surface area contributed by atoms with Gasteiger partial charge in [-0.05, 0) is 38.3 Å². The number of amides is 1. The van der Waals surface area contributed by atoms with Crippen molar-refractivity contribution in [3.8, 4) is 0 Å². The second-order valence-corrected chi connectivity index (χ2v) is 7.72. The van der Waals surface area contributed by atoms with Gasteiger partial charge < -0.3 is 10.2 Å². The molecule has 1 saturated heterocycles. The van der Waals surface area contributed by atoms with E-state index in [-0.39, 0.29) is 17.6 Å². The number of rotatable bonds is 6. The van der Waals surface area contributed by atoms with Gasteiger partial charge in [-0.2, -0.15) is 14.6 Å². The molecule has 8 heteroatoms. The smallest absolute Gasteiger partial charge is 0.254 e. The summed E-state index contributed by atoms with van der Waals surface area (Å²) in [7, 11) is 0. The number of Topliss-reactive ketones (excluding diaryl/α,β-unsaturated/α-hetero) is 1. The minimum Gasteiger partial charge on any atom is -0.356 e. The number of carbonyl (C=O) groups excluding carboxylic acids is 2. The highest BCUT2D eigenvalue weighted by Gasteiger charge is 2.27. The average molecular weight is 406 g/mol. The van der Waals surface area contributed by atoms with E-state index in [9.17, 15) is 9.59 Å². The number of piperidine rings is 1. The molecule has 0 unspecified atom stereocenters. The first-order valence-corrected chi connectivity index (χ1v) is 10.4. The quantitative estimate of drug-likeness (QED) is 0.632. The van der Waals surface area contributed by atoms with Gasteiger partial charge in [0.1, 0.15) is 12.1 Å². The van der Waals surface area contributed by atoms with E-state index in [4.69, 9.17) is 0 Å². The second kappa shape index (κ2) is 8.61. The first-order chi connectivity index (χ1) is 14.5. The summed E-state index contributed by atoms with van der Waals surface area (Å²) in [6.45, 7) is 5.17. The lowest BCUT2D eigenvalue weighted by Gasteiger charge is -2.33. The van der Waals surface area contributed by atoms with E-state index in [1.807, 2.05) is 6.07 Å². The molecule has 30 heavy (non-hydrogen) atoms. The van der Waals surface area contributed by atoms with Crippen LogP contribution in [-0.4, -0.2) is 44.4 Å². The maximum atomic E-state index is 12.8. The number of benzene rings is 1. The average Bonchev–Trinajstić information content (AvgIpc) is 3.22. The minimum absolute atomic E-state index is 0.00246. The van der Waals surface area contributed by atoms with Crippen LogP contribution in [-0.2, 0) is 11.2 Å². The van der Waals surface area contributed by atoms with Crippen LogP contribution >= 0.6 is 0 Å². The van der Waals surface area contributed by atoms with Gasteiger partial charge in [0, 0.05) is 42.0 Å². The van der Waals surface area contributed by atoms with Crippen LogP contribution < -0.4 is 10.2 Å². The van der Waals surface area contributed by atoms with Crippen molar-refractivity contribution in [1.82, 2.24) is 19.6 Å². The van der Waals surface area contributed by atoms with E-state index in [1.54, 1.807) is 22.7 Å². The van der Waals surface area contributed by atoms with Gasteiger partial charge in [0.05, 0.1) is 0 Å². The molecule has 3 heterocycles. The number of ketones is 1. The number of nitrogens with one attached hydrogen (secondary N) is 1. The zero-order valence-corrected chi connectivity index (χ0v) is 17.3. The van der Waals surface area contributed by atoms with E-state index >= 15 is 0 Å². The number of carbonyl (C=O) groups is 2. The third-order valence-corrected chi connectivity index (χ3v) is 5.52. The minimum atomic E-state index is -0.0644. The topological polar surface area (TPSA) is 92.5 Å². The van der Waals surface area contributed by atoms with E-state index < -0.39 is 0 Å². The number of hydrogen-bond acceptors (Lipinski definition) is 6. The van der Waals surface area contributed by atoms with Crippen LogP contribution in [0, 0.1) is 5.92 Å². The van der Waals surface area contributed by atoms with Gasteiger partial charge in [-0.25, -0.2) is 4.98 Å². The van der Waals surface area contributed by atoms with Crippen molar-refractivity contribution in [3.63, 3.8) is 0 Å². The lowest BCUT2D eigenvalue weighted by molar-refractivity contribution is -0.120. The molecule has 3 aromatic rings. The van der Waals surface area contributed by atoms with Crippen LogP contribution in [0.15, 0.2) is 36.7 Å². The molecule has 1 N–H and O–H groups in total. The standard InChI is InChI=1S/C22H26N6O2/c1-3-5-18-13-20(28-22(26-18)23-14-24-28)27-10-8-16(9-11-27)21(30)25-19-7-4-6-17(12-19)15(2)29/h4,6-7,12-14,16H,3,5,8-11H2,1-2H3,(H,25,30). The largest absolute Gasteiger partial charge is 0.356 e. The molecule has 0 spiro atoms. The molecule has 0 radical (unpaired) electrons. The Hall–Kier alpha value is -3.29. The molecule has 1 fully saturated rings. The van der Waals surface area contributed by atoms with Crippen molar-refractivity contribution < 1.29 is 9.59 Å². The SMILES string of the molecule is CCCc1cc(N2CCC(C(=O)Nc3cccc(C(C)=O)c3)CC2)n2ncnc2n1. The molecule has 1 amide bonds. The molecule has 1 aromatic carbocycles. The van der Waals surface area contributed by atoms with Crippen LogP contribution in [0.4, 0.5) is 11.5 Å². The molecule has 0 saturated carbocycles. The fourth-order valence-corrected chi connectivity index (χ4v) is 3.88. The summed E-state index contributed by atoms with van der Waals surface area (Å²) in [5.74, 6) is 1.52. The fourth-order valence-electron chi connectivity index (χ4n) is 3.88. The first kappa shape index (κ1) is 20.0. The molecule has 0 bridgehead atoms. The Kier molecular flexibility index (Phi) is 5.74. The normalized spacial score (nSPS) is 14.8. The Balaban J connectivity index is 1.43. The van der Waals surface area contributed by atoms with Crippen LogP contribution in [0.3, 0.4) is 0 Å².